The molecule has 2 heterocycles. The van der Waals surface area contributed by atoms with Gasteiger partial charge in [-0.1, -0.05) is 0 Å². The molecule has 6 heteroatoms. The van der Waals surface area contributed by atoms with E-state index in [0.29, 0.717) is 6.54 Å². The summed E-state index contributed by atoms with van der Waals surface area (Å²) in [4.78, 5) is 6.65. The van der Waals surface area contributed by atoms with E-state index >= 15 is 0 Å². The number of aromatic nitrogens is 1. The van der Waals surface area contributed by atoms with Gasteiger partial charge in [-0.15, -0.1) is 0 Å². The van der Waals surface area contributed by atoms with E-state index in [1.807, 2.05) is 24.3 Å². The Morgan fingerprint density at radius 1 is 1.36 bits per heavy atom. The molecule has 1 fully saturated rings. The molecule has 1 aliphatic rings. The highest BCUT2D eigenvalue weighted by atomic mass is 16.5. The number of aliphatic hydroxyl groups excluding tert-OH is 2. The monoisotopic (exact) mass is 345 g/mol. The molecule has 0 radical (unpaired) electrons. The molecule has 0 saturated carbocycles. The lowest BCUT2D eigenvalue weighted by molar-refractivity contribution is 0.105. The molecule has 0 amide bonds. The highest BCUT2D eigenvalue weighted by Gasteiger charge is 2.19. The summed E-state index contributed by atoms with van der Waals surface area (Å²) in [6, 6.07) is 7.81. The lowest BCUT2D eigenvalue weighted by atomic mass is 10.0. The van der Waals surface area contributed by atoms with Gasteiger partial charge in [0.25, 0.3) is 0 Å². The van der Waals surface area contributed by atoms with Gasteiger partial charge in [-0.2, -0.15) is 0 Å². The van der Waals surface area contributed by atoms with Gasteiger partial charge in [-0.05, 0) is 49.2 Å². The zero-order valence-electron chi connectivity index (χ0n) is 14.7. The van der Waals surface area contributed by atoms with Crippen molar-refractivity contribution in [2.75, 3.05) is 39.9 Å². The van der Waals surface area contributed by atoms with Gasteiger partial charge in [-0.3, -0.25) is 9.88 Å². The Morgan fingerprint density at radius 2 is 2.24 bits per heavy atom. The maximum Gasteiger partial charge on any atom is 0.119 e. The molecule has 1 aromatic carbocycles. The minimum absolute atomic E-state index is 0.188. The third kappa shape index (κ3) is 4.46. The highest BCUT2D eigenvalue weighted by molar-refractivity contribution is 5.83. The first-order chi connectivity index (χ1) is 12.2. The van der Waals surface area contributed by atoms with Gasteiger partial charge >= 0.3 is 0 Å². The van der Waals surface area contributed by atoms with Gasteiger partial charge in [-0.25, -0.2) is 0 Å². The zero-order valence-corrected chi connectivity index (χ0v) is 14.7. The molecule has 1 saturated heterocycles. The smallest absolute Gasteiger partial charge is 0.119 e. The van der Waals surface area contributed by atoms with Gasteiger partial charge < -0.3 is 20.3 Å². The lowest BCUT2D eigenvalue weighted by Crippen LogP contribution is -2.43. The van der Waals surface area contributed by atoms with Gasteiger partial charge in [0.05, 0.1) is 25.3 Å². The number of benzene rings is 1. The number of methoxy groups -OCH3 is 1. The van der Waals surface area contributed by atoms with Crippen LogP contribution in [0.4, 0.5) is 0 Å². The fourth-order valence-corrected chi connectivity index (χ4v) is 3.45. The Morgan fingerprint density at radius 3 is 3.04 bits per heavy atom. The standard InChI is InChI=1S/C19H27N3O3/c1-25-15-4-5-18-17(11-15)16(6-7-21-18)19(24)12-22-9-2-3-14(13-23)20-8-10-22/h4-7,11,14,19-20,23-24H,2-3,8-10,12-13H2,1H3. The number of hydrogen-bond acceptors (Lipinski definition) is 6. The van der Waals surface area contributed by atoms with Crippen molar-refractivity contribution in [1.82, 2.24) is 15.2 Å². The van der Waals surface area contributed by atoms with E-state index in [2.05, 4.69) is 15.2 Å². The first kappa shape index (κ1) is 18.1. The molecule has 1 aromatic heterocycles. The van der Waals surface area contributed by atoms with Crippen molar-refractivity contribution in [3.05, 3.63) is 36.0 Å². The van der Waals surface area contributed by atoms with Crippen LogP contribution in [-0.2, 0) is 0 Å². The summed E-state index contributed by atoms with van der Waals surface area (Å²) in [7, 11) is 1.64. The predicted octanol–water partition coefficient (Wildman–Crippen LogP) is 1.32. The summed E-state index contributed by atoms with van der Waals surface area (Å²) in [6.07, 6.45) is 3.13. The molecule has 1 aliphatic heterocycles. The Labute approximate surface area is 148 Å². The number of β-amino-alcohol motifs (C(OH)–C–C–N with tert-alkyl or cyclic N) is 1. The van der Waals surface area contributed by atoms with Crippen LogP contribution < -0.4 is 10.1 Å². The average molecular weight is 345 g/mol. The topological polar surface area (TPSA) is 77.9 Å². The van der Waals surface area contributed by atoms with Crippen LogP contribution in [0.25, 0.3) is 10.9 Å². The van der Waals surface area contributed by atoms with Gasteiger partial charge in [0.2, 0.25) is 0 Å². The SMILES string of the molecule is COc1ccc2nccc(C(O)CN3CCCC(CO)NCC3)c2c1. The molecule has 0 bridgehead atoms. The number of pyridine rings is 1. The normalized spacial score (nSPS) is 20.8. The van der Waals surface area contributed by atoms with E-state index in [4.69, 9.17) is 4.74 Å². The Bertz CT molecular complexity index is 685. The van der Waals surface area contributed by atoms with Crippen molar-refractivity contribution >= 4 is 10.9 Å². The van der Waals surface area contributed by atoms with Crippen LogP contribution in [0.15, 0.2) is 30.5 Å². The quantitative estimate of drug-likeness (QED) is 0.759. The third-order valence-corrected chi connectivity index (χ3v) is 4.88. The number of rotatable bonds is 5. The molecule has 0 spiro atoms. The molecule has 136 valence electrons. The molecule has 3 rings (SSSR count). The van der Waals surface area contributed by atoms with Gasteiger partial charge in [0, 0.05) is 37.3 Å². The van der Waals surface area contributed by atoms with Gasteiger partial charge in [0.15, 0.2) is 0 Å². The zero-order chi connectivity index (χ0) is 17.6. The first-order valence-corrected chi connectivity index (χ1v) is 8.88. The molecular formula is C19H27N3O3. The second-order valence-corrected chi connectivity index (χ2v) is 6.58. The largest absolute Gasteiger partial charge is 0.497 e. The second kappa shape index (κ2) is 8.58. The maximum absolute atomic E-state index is 10.8. The number of aliphatic hydroxyl groups is 2. The van der Waals surface area contributed by atoms with E-state index in [1.54, 1.807) is 13.3 Å². The molecule has 3 N–H and O–H groups in total. The summed E-state index contributed by atoms with van der Waals surface area (Å²) < 4.78 is 5.31. The maximum atomic E-state index is 10.8. The number of fused-ring (bicyclic) bond motifs is 1. The Kier molecular flexibility index (Phi) is 6.20. The Balaban J connectivity index is 1.72. The third-order valence-electron chi connectivity index (χ3n) is 4.88. The van der Waals surface area contributed by atoms with Crippen molar-refractivity contribution in [3.63, 3.8) is 0 Å². The molecule has 2 atom stereocenters. The number of nitrogens with one attached hydrogen (secondary N) is 1. The first-order valence-electron chi connectivity index (χ1n) is 8.88. The van der Waals surface area contributed by atoms with Crippen LogP contribution in [-0.4, -0.2) is 66.0 Å². The summed E-state index contributed by atoms with van der Waals surface area (Å²) in [5.74, 6) is 0.763. The fourth-order valence-electron chi connectivity index (χ4n) is 3.45. The summed E-state index contributed by atoms with van der Waals surface area (Å²) >= 11 is 0. The van der Waals surface area contributed by atoms with Crippen LogP contribution >= 0.6 is 0 Å². The van der Waals surface area contributed by atoms with Crippen LogP contribution in [0.5, 0.6) is 5.75 Å². The van der Waals surface area contributed by atoms with Crippen molar-refractivity contribution in [2.45, 2.75) is 25.0 Å². The summed E-state index contributed by atoms with van der Waals surface area (Å²) in [5, 5.41) is 24.4. The minimum atomic E-state index is -0.578. The predicted molar refractivity (Wildman–Crippen MR) is 97.8 cm³/mol. The minimum Gasteiger partial charge on any atom is -0.497 e. The summed E-state index contributed by atoms with van der Waals surface area (Å²) in [5.41, 5.74) is 1.74. The number of ether oxygens (including phenoxy) is 1. The molecule has 2 aromatic rings. The van der Waals surface area contributed by atoms with E-state index < -0.39 is 6.10 Å². The molecular weight excluding hydrogens is 318 g/mol. The summed E-state index contributed by atoms with van der Waals surface area (Å²) in [6.45, 7) is 3.39. The fraction of sp³-hybridized carbons (Fsp3) is 0.526. The van der Waals surface area contributed by atoms with E-state index in [-0.39, 0.29) is 12.6 Å². The van der Waals surface area contributed by atoms with Crippen LogP contribution in [0.3, 0.4) is 0 Å². The number of nitrogens with zero attached hydrogens (tertiary/aromatic N) is 2. The van der Waals surface area contributed by atoms with Crippen molar-refractivity contribution in [3.8, 4) is 5.75 Å². The average Bonchev–Trinajstić information content (AvgIpc) is 2.62. The van der Waals surface area contributed by atoms with Crippen molar-refractivity contribution in [2.24, 2.45) is 0 Å². The van der Waals surface area contributed by atoms with Crippen LogP contribution in [0.2, 0.25) is 0 Å². The highest BCUT2D eigenvalue weighted by Crippen LogP contribution is 2.27. The molecule has 6 nitrogen and oxygen atoms in total. The van der Waals surface area contributed by atoms with Gasteiger partial charge in [0.1, 0.15) is 5.75 Å². The number of hydrogen-bond donors (Lipinski definition) is 3. The second-order valence-electron chi connectivity index (χ2n) is 6.58. The van der Waals surface area contributed by atoms with Crippen LogP contribution in [0, 0.1) is 0 Å². The van der Waals surface area contributed by atoms with E-state index in [9.17, 15) is 10.2 Å². The molecule has 0 aliphatic carbocycles. The lowest BCUT2D eigenvalue weighted by Gasteiger charge is -2.30. The van der Waals surface area contributed by atoms with E-state index in [0.717, 1.165) is 54.7 Å². The van der Waals surface area contributed by atoms with Crippen LogP contribution in [0.1, 0.15) is 24.5 Å². The molecule has 25 heavy (non-hydrogen) atoms. The Hall–Kier alpha value is -1.73. The van der Waals surface area contributed by atoms with Crippen molar-refractivity contribution in [1.29, 1.82) is 0 Å². The molecule has 2 unspecified atom stereocenters. The van der Waals surface area contributed by atoms with E-state index in [1.165, 1.54) is 0 Å². The van der Waals surface area contributed by atoms with Crippen molar-refractivity contribution < 1.29 is 14.9 Å².